The first-order valence-corrected chi connectivity index (χ1v) is 6.99. The molecule has 1 aromatic heterocycles. The second kappa shape index (κ2) is 6.78. The molecule has 0 radical (unpaired) electrons. The summed E-state index contributed by atoms with van der Waals surface area (Å²) in [4.78, 5) is 11.8. The summed E-state index contributed by atoms with van der Waals surface area (Å²) in [6.07, 6.45) is 2.20. The summed E-state index contributed by atoms with van der Waals surface area (Å²) in [5.41, 5.74) is 1.65. The van der Waals surface area contributed by atoms with E-state index in [0.29, 0.717) is 12.2 Å². The maximum absolute atomic E-state index is 12.8. The van der Waals surface area contributed by atoms with Gasteiger partial charge in [-0.3, -0.25) is 4.79 Å². The minimum atomic E-state index is -0.343. The van der Waals surface area contributed by atoms with Gasteiger partial charge in [0.25, 0.3) is 0 Å². The van der Waals surface area contributed by atoms with Gasteiger partial charge in [-0.05, 0) is 58.8 Å². The fourth-order valence-corrected chi connectivity index (χ4v) is 2.03. The third-order valence-corrected chi connectivity index (χ3v) is 3.21. The minimum Gasteiger partial charge on any atom is -0.427 e. The molecule has 3 rings (SSSR count). The molecule has 0 amide bonds. The van der Waals surface area contributed by atoms with Crippen LogP contribution in [-0.2, 0) is 11.2 Å². The number of hydrogen-bond donors (Lipinski definition) is 0. The van der Waals surface area contributed by atoms with E-state index in [4.69, 9.17) is 4.74 Å². The summed E-state index contributed by atoms with van der Waals surface area (Å²) in [6.45, 7) is 0. The molecule has 23 heavy (non-hydrogen) atoms. The third-order valence-electron chi connectivity index (χ3n) is 3.21. The lowest BCUT2D eigenvalue weighted by molar-refractivity contribution is -0.134. The number of hydrogen-bond acceptors (Lipinski definition) is 5. The van der Waals surface area contributed by atoms with Crippen molar-refractivity contribution in [2.75, 3.05) is 0 Å². The molecule has 0 bridgehead atoms. The Morgan fingerprint density at radius 2 is 1.83 bits per heavy atom. The molecule has 7 heteroatoms. The average molecular weight is 312 g/mol. The van der Waals surface area contributed by atoms with Crippen LogP contribution in [0.5, 0.6) is 5.75 Å². The molecule has 0 N–H and O–H groups in total. The largest absolute Gasteiger partial charge is 0.427 e. The molecule has 6 nitrogen and oxygen atoms in total. The zero-order chi connectivity index (χ0) is 16.1. The summed E-state index contributed by atoms with van der Waals surface area (Å²) in [5.74, 6) is -0.186. The number of benzene rings is 2. The van der Waals surface area contributed by atoms with Gasteiger partial charge >= 0.3 is 5.97 Å². The van der Waals surface area contributed by atoms with Crippen LogP contribution < -0.4 is 4.74 Å². The maximum Gasteiger partial charge on any atom is 0.311 e. The van der Waals surface area contributed by atoms with Crippen LogP contribution in [0.4, 0.5) is 4.39 Å². The smallest absolute Gasteiger partial charge is 0.311 e. The number of carbonyl (C=O) groups is 1. The number of aromatic nitrogens is 4. The van der Waals surface area contributed by atoms with E-state index in [1.165, 1.54) is 23.1 Å². The van der Waals surface area contributed by atoms with E-state index >= 15 is 0 Å². The van der Waals surface area contributed by atoms with E-state index in [1.807, 2.05) is 0 Å². The van der Waals surface area contributed by atoms with Gasteiger partial charge < -0.3 is 4.74 Å². The average Bonchev–Trinajstić information content (AvgIpc) is 3.09. The van der Waals surface area contributed by atoms with Crippen molar-refractivity contribution in [3.63, 3.8) is 0 Å². The highest BCUT2D eigenvalue weighted by molar-refractivity contribution is 5.72. The lowest BCUT2D eigenvalue weighted by atomic mass is 10.1. The van der Waals surface area contributed by atoms with E-state index in [-0.39, 0.29) is 18.2 Å². The van der Waals surface area contributed by atoms with Crippen LogP contribution >= 0.6 is 0 Å². The number of ether oxygens (including phenoxy) is 1. The monoisotopic (exact) mass is 312 g/mol. The molecule has 1 heterocycles. The molecule has 116 valence electrons. The molecule has 0 aliphatic carbocycles. The lowest BCUT2D eigenvalue weighted by Gasteiger charge is -2.05. The predicted molar refractivity (Wildman–Crippen MR) is 79.5 cm³/mol. The number of carbonyl (C=O) groups excluding carboxylic acids is 1. The molecule has 0 saturated heterocycles. The number of tetrazole rings is 1. The van der Waals surface area contributed by atoms with Gasteiger partial charge in [-0.25, -0.2) is 9.07 Å². The first kappa shape index (κ1) is 14.8. The molecular weight excluding hydrogens is 299 g/mol. The summed E-state index contributed by atoms with van der Waals surface area (Å²) in [6, 6.07) is 12.9. The second-order valence-electron chi connectivity index (χ2n) is 4.85. The van der Waals surface area contributed by atoms with Crippen LogP contribution in [0.15, 0.2) is 54.9 Å². The first-order valence-electron chi connectivity index (χ1n) is 6.99. The number of rotatable bonds is 5. The highest BCUT2D eigenvalue weighted by Crippen LogP contribution is 2.15. The van der Waals surface area contributed by atoms with Crippen molar-refractivity contribution in [3.05, 3.63) is 66.2 Å². The predicted octanol–water partition coefficient (Wildman–Crippen LogP) is 2.34. The summed E-state index contributed by atoms with van der Waals surface area (Å²) < 4.78 is 19.6. The number of halogens is 1. The Hall–Kier alpha value is -3.09. The molecule has 0 unspecified atom stereocenters. The van der Waals surface area contributed by atoms with E-state index in [9.17, 15) is 9.18 Å². The number of aryl methyl sites for hydroxylation is 1. The van der Waals surface area contributed by atoms with Crippen molar-refractivity contribution in [1.29, 1.82) is 0 Å². The van der Waals surface area contributed by atoms with Crippen LogP contribution in [-0.4, -0.2) is 26.2 Å². The Kier molecular flexibility index (Phi) is 4.37. The van der Waals surface area contributed by atoms with Gasteiger partial charge in [0.2, 0.25) is 0 Å². The molecule has 0 spiro atoms. The van der Waals surface area contributed by atoms with Crippen molar-refractivity contribution >= 4 is 5.97 Å². The summed E-state index contributed by atoms with van der Waals surface area (Å²) in [7, 11) is 0. The normalized spacial score (nSPS) is 10.5. The Morgan fingerprint density at radius 1 is 1.09 bits per heavy atom. The zero-order valence-electron chi connectivity index (χ0n) is 12.1. The van der Waals surface area contributed by atoms with Crippen molar-refractivity contribution in [3.8, 4) is 11.4 Å². The van der Waals surface area contributed by atoms with E-state index in [1.54, 1.807) is 36.4 Å². The van der Waals surface area contributed by atoms with Gasteiger partial charge in [0.15, 0.2) is 0 Å². The molecule has 3 aromatic rings. The summed E-state index contributed by atoms with van der Waals surface area (Å²) >= 11 is 0. The van der Waals surface area contributed by atoms with Crippen molar-refractivity contribution in [1.82, 2.24) is 20.2 Å². The SMILES string of the molecule is O=C(CCc1ccc(F)cc1)Oc1ccc(-n2cnnn2)cc1. The molecule has 0 aliphatic rings. The van der Waals surface area contributed by atoms with Gasteiger partial charge in [-0.15, -0.1) is 5.10 Å². The van der Waals surface area contributed by atoms with Gasteiger partial charge in [-0.1, -0.05) is 12.1 Å². The quantitative estimate of drug-likeness (QED) is 0.534. The maximum atomic E-state index is 12.8. The topological polar surface area (TPSA) is 69.9 Å². The van der Waals surface area contributed by atoms with E-state index in [0.717, 1.165) is 11.3 Å². The highest BCUT2D eigenvalue weighted by atomic mass is 19.1. The van der Waals surface area contributed by atoms with Crippen molar-refractivity contribution in [2.45, 2.75) is 12.8 Å². The minimum absolute atomic E-state index is 0.223. The highest BCUT2D eigenvalue weighted by Gasteiger charge is 2.06. The summed E-state index contributed by atoms with van der Waals surface area (Å²) in [5, 5.41) is 10.9. The first-order chi connectivity index (χ1) is 11.2. The zero-order valence-corrected chi connectivity index (χ0v) is 12.1. The van der Waals surface area contributed by atoms with Crippen molar-refractivity contribution < 1.29 is 13.9 Å². The van der Waals surface area contributed by atoms with Crippen molar-refractivity contribution in [2.24, 2.45) is 0 Å². The third kappa shape index (κ3) is 3.97. The Bertz CT molecular complexity index is 771. The fourth-order valence-electron chi connectivity index (χ4n) is 2.03. The second-order valence-corrected chi connectivity index (χ2v) is 4.85. The van der Waals surface area contributed by atoms with E-state index in [2.05, 4.69) is 15.5 Å². The van der Waals surface area contributed by atoms with Crippen LogP contribution in [0, 0.1) is 5.82 Å². The molecule has 0 aliphatic heterocycles. The lowest BCUT2D eigenvalue weighted by Crippen LogP contribution is -2.09. The molecule has 0 fully saturated rings. The van der Waals surface area contributed by atoms with Gasteiger partial charge in [0.05, 0.1) is 5.69 Å². The van der Waals surface area contributed by atoms with Crippen LogP contribution in [0.1, 0.15) is 12.0 Å². The molecule has 2 aromatic carbocycles. The Balaban J connectivity index is 1.54. The fraction of sp³-hybridized carbons (Fsp3) is 0.125. The van der Waals surface area contributed by atoms with Crippen LogP contribution in [0.3, 0.4) is 0 Å². The standard InChI is InChI=1S/C16H13FN4O2/c17-13-4-1-12(2-5-13)3-10-16(22)23-15-8-6-14(7-9-15)21-11-18-19-20-21/h1-2,4-9,11H,3,10H2. The molecular formula is C16H13FN4O2. The Morgan fingerprint density at radius 3 is 2.48 bits per heavy atom. The van der Waals surface area contributed by atoms with Gasteiger partial charge in [0.1, 0.15) is 17.9 Å². The van der Waals surface area contributed by atoms with E-state index < -0.39 is 0 Å². The van der Waals surface area contributed by atoms with Crippen LogP contribution in [0.2, 0.25) is 0 Å². The molecule has 0 saturated carbocycles. The number of esters is 1. The number of nitrogens with zero attached hydrogens (tertiary/aromatic N) is 4. The van der Waals surface area contributed by atoms with Gasteiger partial charge in [0, 0.05) is 6.42 Å². The van der Waals surface area contributed by atoms with Crippen LogP contribution in [0.25, 0.3) is 5.69 Å². The van der Waals surface area contributed by atoms with Gasteiger partial charge in [-0.2, -0.15) is 0 Å². The Labute approximate surface area is 131 Å². The molecule has 0 atom stereocenters.